The van der Waals surface area contributed by atoms with Crippen LogP contribution in [0.2, 0.25) is 0 Å². The van der Waals surface area contributed by atoms with Crippen LogP contribution in [0.25, 0.3) is 0 Å². The Morgan fingerprint density at radius 3 is 2.76 bits per heavy atom. The molecule has 6 heteroatoms. The molecule has 2 rings (SSSR count). The summed E-state index contributed by atoms with van der Waals surface area (Å²) in [4.78, 5) is 30.1. The molecule has 0 spiro atoms. The Kier molecular flexibility index (Phi) is 4.77. The number of hydrogen-bond acceptors (Lipinski definition) is 4. The van der Waals surface area contributed by atoms with E-state index in [4.69, 9.17) is 4.74 Å². The zero-order valence-corrected chi connectivity index (χ0v) is 12.6. The van der Waals surface area contributed by atoms with Crippen LogP contribution in [0.1, 0.15) is 25.8 Å². The van der Waals surface area contributed by atoms with Crippen LogP contribution in [0.15, 0.2) is 18.3 Å². The molecule has 1 aromatic rings. The number of amides is 2. The molecule has 6 nitrogen and oxygen atoms in total. The van der Waals surface area contributed by atoms with Gasteiger partial charge in [0, 0.05) is 31.8 Å². The van der Waals surface area contributed by atoms with Gasteiger partial charge < -0.3 is 15.0 Å². The molecular weight excluding hydrogens is 270 g/mol. The number of carbonyl (C=O) groups excluding carboxylic acids is 2. The second-order valence-corrected chi connectivity index (χ2v) is 5.51. The van der Waals surface area contributed by atoms with Crippen LogP contribution in [0.5, 0.6) is 5.88 Å². The molecule has 0 saturated carbocycles. The predicted octanol–water partition coefficient (Wildman–Crippen LogP) is 0.963. The van der Waals surface area contributed by atoms with Crippen molar-refractivity contribution in [3.05, 3.63) is 23.9 Å². The lowest BCUT2D eigenvalue weighted by Gasteiger charge is -2.26. The number of carbonyl (C=O) groups is 2. The van der Waals surface area contributed by atoms with Crippen molar-refractivity contribution in [3.63, 3.8) is 0 Å². The SMILES string of the molecule is COc1ccc(CN2CCC(=O)NC(C(C)C)C2=O)cn1. The first-order valence-electron chi connectivity index (χ1n) is 7.08. The Balaban J connectivity index is 2.12. The molecule has 1 atom stereocenters. The largest absolute Gasteiger partial charge is 0.481 e. The van der Waals surface area contributed by atoms with Crippen molar-refractivity contribution in [2.24, 2.45) is 5.92 Å². The van der Waals surface area contributed by atoms with Gasteiger partial charge in [0.2, 0.25) is 17.7 Å². The van der Waals surface area contributed by atoms with E-state index in [0.717, 1.165) is 5.56 Å². The summed E-state index contributed by atoms with van der Waals surface area (Å²) < 4.78 is 5.02. The maximum absolute atomic E-state index is 12.5. The van der Waals surface area contributed by atoms with Gasteiger partial charge in [0.15, 0.2) is 0 Å². The standard InChI is InChI=1S/C15H21N3O3/c1-10(2)14-15(20)18(7-6-12(19)17-14)9-11-4-5-13(21-3)16-8-11/h4-5,8,10,14H,6-7,9H2,1-3H3,(H,17,19). The quantitative estimate of drug-likeness (QED) is 0.897. The van der Waals surface area contributed by atoms with Gasteiger partial charge >= 0.3 is 0 Å². The Morgan fingerprint density at radius 1 is 1.43 bits per heavy atom. The summed E-state index contributed by atoms with van der Waals surface area (Å²) in [5.74, 6) is 0.498. The van der Waals surface area contributed by atoms with Gasteiger partial charge in [0.1, 0.15) is 6.04 Å². The fourth-order valence-corrected chi connectivity index (χ4v) is 2.31. The molecule has 1 aromatic heterocycles. The Labute approximate surface area is 124 Å². The van der Waals surface area contributed by atoms with E-state index in [2.05, 4.69) is 10.3 Å². The molecule has 21 heavy (non-hydrogen) atoms. The number of aromatic nitrogens is 1. The molecule has 114 valence electrons. The van der Waals surface area contributed by atoms with Crippen molar-refractivity contribution in [1.29, 1.82) is 0 Å². The van der Waals surface area contributed by atoms with Crippen molar-refractivity contribution in [1.82, 2.24) is 15.2 Å². The van der Waals surface area contributed by atoms with Crippen molar-refractivity contribution < 1.29 is 14.3 Å². The van der Waals surface area contributed by atoms with E-state index in [1.165, 1.54) is 0 Å². The first kappa shape index (κ1) is 15.3. The molecular formula is C15H21N3O3. The van der Waals surface area contributed by atoms with E-state index in [1.54, 1.807) is 24.3 Å². The van der Waals surface area contributed by atoms with Crippen LogP contribution >= 0.6 is 0 Å². The normalized spacial score (nSPS) is 19.4. The lowest BCUT2D eigenvalue weighted by Crippen LogP contribution is -2.47. The maximum Gasteiger partial charge on any atom is 0.245 e. The number of nitrogens with one attached hydrogen (secondary N) is 1. The third-order valence-electron chi connectivity index (χ3n) is 3.55. The van der Waals surface area contributed by atoms with Gasteiger partial charge in [-0.3, -0.25) is 9.59 Å². The lowest BCUT2D eigenvalue weighted by molar-refractivity contribution is -0.135. The predicted molar refractivity (Wildman–Crippen MR) is 77.6 cm³/mol. The summed E-state index contributed by atoms with van der Waals surface area (Å²) >= 11 is 0. The first-order chi connectivity index (χ1) is 10.0. The molecule has 0 radical (unpaired) electrons. The molecule has 1 unspecified atom stereocenters. The van der Waals surface area contributed by atoms with E-state index in [-0.39, 0.29) is 17.7 Å². The number of nitrogens with zero attached hydrogens (tertiary/aromatic N) is 2. The molecule has 0 aliphatic carbocycles. The van der Waals surface area contributed by atoms with E-state index in [0.29, 0.717) is 25.4 Å². The first-order valence-corrected chi connectivity index (χ1v) is 7.08. The summed E-state index contributed by atoms with van der Waals surface area (Å²) in [6, 6.07) is 3.19. The van der Waals surface area contributed by atoms with Crippen LogP contribution in [-0.4, -0.2) is 41.4 Å². The van der Waals surface area contributed by atoms with E-state index in [9.17, 15) is 9.59 Å². The monoisotopic (exact) mass is 291 g/mol. The van der Waals surface area contributed by atoms with Crippen LogP contribution in [0.4, 0.5) is 0 Å². The molecule has 1 N–H and O–H groups in total. The molecule has 1 saturated heterocycles. The highest BCUT2D eigenvalue weighted by molar-refractivity contribution is 5.90. The highest BCUT2D eigenvalue weighted by Crippen LogP contribution is 2.15. The van der Waals surface area contributed by atoms with Crippen molar-refractivity contribution in [3.8, 4) is 5.88 Å². The molecule has 0 bridgehead atoms. The molecule has 2 amide bonds. The van der Waals surface area contributed by atoms with E-state index in [1.807, 2.05) is 19.9 Å². The summed E-state index contributed by atoms with van der Waals surface area (Å²) in [5.41, 5.74) is 0.918. The Hall–Kier alpha value is -2.11. The maximum atomic E-state index is 12.5. The van der Waals surface area contributed by atoms with Crippen molar-refractivity contribution in [2.45, 2.75) is 32.9 Å². The minimum atomic E-state index is -0.453. The van der Waals surface area contributed by atoms with E-state index < -0.39 is 6.04 Å². The zero-order valence-electron chi connectivity index (χ0n) is 12.6. The third kappa shape index (κ3) is 3.71. The van der Waals surface area contributed by atoms with Crippen LogP contribution in [-0.2, 0) is 16.1 Å². The number of ether oxygens (including phenoxy) is 1. The van der Waals surface area contributed by atoms with Crippen LogP contribution < -0.4 is 10.1 Å². The van der Waals surface area contributed by atoms with Crippen LogP contribution in [0, 0.1) is 5.92 Å². The summed E-state index contributed by atoms with van der Waals surface area (Å²) in [5, 5.41) is 2.80. The van der Waals surface area contributed by atoms with Gasteiger partial charge in [-0.2, -0.15) is 0 Å². The fourth-order valence-electron chi connectivity index (χ4n) is 2.31. The summed E-state index contributed by atoms with van der Waals surface area (Å²) in [7, 11) is 1.56. The second kappa shape index (κ2) is 6.56. The molecule has 0 aromatic carbocycles. The molecule has 1 aliphatic rings. The minimum absolute atomic E-state index is 0.0355. The second-order valence-electron chi connectivity index (χ2n) is 5.51. The van der Waals surface area contributed by atoms with Crippen molar-refractivity contribution >= 4 is 11.8 Å². The highest BCUT2D eigenvalue weighted by atomic mass is 16.5. The number of pyridine rings is 1. The zero-order chi connectivity index (χ0) is 15.4. The Bertz CT molecular complexity index is 513. The molecule has 2 heterocycles. The minimum Gasteiger partial charge on any atom is -0.481 e. The van der Waals surface area contributed by atoms with Gasteiger partial charge in [-0.05, 0) is 11.5 Å². The Morgan fingerprint density at radius 2 is 2.19 bits per heavy atom. The van der Waals surface area contributed by atoms with Crippen LogP contribution in [0.3, 0.4) is 0 Å². The average molecular weight is 291 g/mol. The fraction of sp³-hybridized carbons (Fsp3) is 0.533. The van der Waals surface area contributed by atoms with Gasteiger partial charge in [-0.25, -0.2) is 4.98 Å². The number of rotatable bonds is 4. The van der Waals surface area contributed by atoms with E-state index >= 15 is 0 Å². The summed E-state index contributed by atoms with van der Waals surface area (Å²) in [6.45, 7) is 4.75. The number of hydrogen-bond donors (Lipinski definition) is 1. The lowest BCUT2D eigenvalue weighted by atomic mass is 10.0. The van der Waals surface area contributed by atoms with Gasteiger partial charge in [0.05, 0.1) is 7.11 Å². The highest BCUT2D eigenvalue weighted by Gasteiger charge is 2.31. The topological polar surface area (TPSA) is 71.5 Å². The smallest absolute Gasteiger partial charge is 0.245 e. The molecule has 1 aliphatic heterocycles. The summed E-state index contributed by atoms with van der Waals surface area (Å²) in [6.07, 6.45) is 2.02. The van der Waals surface area contributed by atoms with Gasteiger partial charge in [0.25, 0.3) is 0 Å². The van der Waals surface area contributed by atoms with Gasteiger partial charge in [-0.15, -0.1) is 0 Å². The average Bonchev–Trinajstić information content (AvgIpc) is 2.61. The van der Waals surface area contributed by atoms with Crippen molar-refractivity contribution in [2.75, 3.05) is 13.7 Å². The third-order valence-corrected chi connectivity index (χ3v) is 3.55. The molecule has 1 fully saturated rings. The van der Waals surface area contributed by atoms with Gasteiger partial charge in [-0.1, -0.05) is 19.9 Å². The number of methoxy groups -OCH3 is 1.